The highest BCUT2D eigenvalue weighted by Crippen LogP contribution is 2.17. The Morgan fingerprint density at radius 2 is 1.94 bits per heavy atom. The van der Waals surface area contributed by atoms with Crippen LogP contribution in [0.3, 0.4) is 0 Å². The van der Waals surface area contributed by atoms with E-state index in [-0.39, 0.29) is 6.04 Å². The molecule has 0 aliphatic carbocycles. The molecule has 0 radical (unpaired) electrons. The number of aliphatic hydroxyl groups is 1. The average Bonchev–Trinajstić information content (AvgIpc) is 2.29. The normalized spacial score (nSPS) is 14.4. The third-order valence-electron chi connectivity index (χ3n) is 2.70. The van der Waals surface area contributed by atoms with Crippen LogP contribution in [0.5, 0.6) is 0 Å². The summed E-state index contributed by atoms with van der Waals surface area (Å²) in [6, 6.07) is 8.10. The van der Waals surface area contributed by atoms with E-state index >= 15 is 0 Å². The minimum absolute atomic E-state index is 0.0495. The van der Waals surface area contributed by atoms with E-state index in [4.69, 9.17) is 10.5 Å². The van der Waals surface area contributed by atoms with E-state index in [1.807, 2.05) is 43.1 Å². The molecule has 0 bridgehead atoms. The van der Waals surface area contributed by atoms with Gasteiger partial charge in [-0.25, -0.2) is 0 Å². The molecule has 1 unspecified atom stereocenters. The minimum atomic E-state index is -0.474. The van der Waals surface area contributed by atoms with Gasteiger partial charge in [-0.2, -0.15) is 0 Å². The van der Waals surface area contributed by atoms with Crippen molar-refractivity contribution in [2.45, 2.75) is 19.1 Å². The molecule has 0 fully saturated rings. The molecule has 1 aromatic rings. The Kier molecular flexibility index (Phi) is 5.41. The Balaban J connectivity index is 2.60. The van der Waals surface area contributed by atoms with Gasteiger partial charge < -0.3 is 20.5 Å². The Hall–Kier alpha value is -1.10. The van der Waals surface area contributed by atoms with Crippen LogP contribution in [0.2, 0.25) is 0 Å². The molecule has 0 saturated heterocycles. The number of ether oxygens (including phenoxy) is 1. The number of nitrogens with zero attached hydrogens (tertiary/aromatic N) is 1. The molecule has 1 rings (SSSR count). The van der Waals surface area contributed by atoms with E-state index in [1.54, 1.807) is 7.11 Å². The van der Waals surface area contributed by atoms with Crippen molar-refractivity contribution in [1.29, 1.82) is 0 Å². The first-order valence-electron chi connectivity index (χ1n) is 5.78. The van der Waals surface area contributed by atoms with Gasteiger partial charge in [-0.15, -0.1) is 0 Å². The number of nitrogens with two attached hydrogens (primary N) is 1. The predicted octanol–water partition coefficient (Wildman–Crippen LogP) is 1.15. The molecule has 0 amide bonds. The molecule has 0 saturated carbocycles. The molecule has 3 N–H and O–H groups in total. The van der Waals surface area contributed by atoms with Crippen LogP contribution in [-0.2, 0) is 4.74 Å². The van der Waals surface area contributed by atoms with Crippen molar-refractivity contribution in [3.63, 3.8) is 0 Å². The van der Waals surface area contributed by atoms with Crippen molar-refractivity contribution in [1.82, 2.24) is 0 Å². The van der Waals surface area contributed by atoms with E-state index in [9.17, 15) is 5.11 Å². The van der Waals surface area contributed by atoms with Crippen LogP contribution in [0.4, 0.5) is 5.69 Å². The summed E-state index contributed by atoms with van der Waals surface area (Å²) >= 11 is 0. The fourth-order valence-electron chi connectivity index (χ4n) is 1.70. The molecular weight excluding hydrogens is 216 g/mol. The Morgan fingerprint density at radius 3 is 2.41 bits per heavy atom. The summed E-state index contributed by atoms with van der Waals surface area (Å²) in [5, 5.41) is 9.64. The molecular formula is C13H22N2O2. The summed E-state index contributed by atoms with van der Waals surface area (Å²) in [7, 11) is 3.53. The molecule has 2 atom stereocenters. The smallest absolute Gasteiger partial charge is 0.0947 e. The average molecular weight is 238 g/mol. The van der Waals surface area contributed by atoms with Gasteiger partial charge in [-0.3, -0.25) is 0 Å². The SMILES string of the molecule is COCC(O)CN(C)c1ccc([C@@H](C)N)cc1. The third kappa shape index (κ3) is 4.34. The zero-order chi connectivity index (χ0) is 12.8. The Labute approximate surface area is 103 Å². The van der Waals surface area contributed by atoms with Crippen LogP contribution in [0.25, 0.3) is 0 Å². The van der Waals surface area contributed by atoms with E-state index in [2.05, 4.69) is 0 Å². The number of likely N-dealkylation sites (N-methyl/N-ethyl adjacent to an activating group) is 1. The molecule has 4 nitrogen and oxygen atoms in total. The number of hydrogen-bond acceptors (Lipinski definition) is 4. The minimum Gasteiger partial charge on any atom is -0.389 e. The maximum Gasteiger partial charge on any atom is 0.0947 e. The number of hydrogen-bond donors (Lipinski definition) is 2. The first-order valence-corrected chi connectivity index (χ1v) is 5.78. The second-order valence-electron chi connectivity index (χ2n) is 4.37. The van der Waals surface area contributed by atoms with Crippen LogP contribution in [0.1, 0.15) is 18.5 Å². The van der Waals surface area contributed by atoms with E-state index in [0.29, 0.717) is 13.2 Å². The number of rotatable bonds is 6. The number of benzene rings is 1. The largest absolute Gasteiger partial charge is 0.389 e. The van der Waals surface area contributed by atoms with E-state index < -0.39 is 6.10 Å². The van der Waals surface area contributed by atoms with E-state index in [0.717, 1.165) is 11.3 Å². The molecule has 0 heterocycles. The number of methoxy groups -OCH3 is 1. The third-order valence-corrected chi connectivity index (χ3v) is 2.70. The summed E-state index contributed by atoms with van der Waals surface area (Å²) in [6.45, 7) is 2.86. The second-order valence-corrected chi connectivity index (χ2v) is 4.37. The lowest BCUT2D eigenvalue weighted by Gasteiger charge is -2.22. The summed E-state index contributed by atoms with van der Waals surface area (Å²) in [5.41, 5.74) is 7.96. The highest BCUT2D eigenvalue weighted by atomic mass is 16.5. The zero-order valence-corrected chi connectivity index (χ0v) is 10.8. The number of anilines is 1. The Bertz CT molecular complexity index is 325. The lowest BCUT2D eigenvalue weighted by molar-refractivity contribution is 0.0695. The Morgan fingerprint density at radius 1 is 1.35 bits per heavy atom. The molecule has 1 aromatic carbocycles. The molecule has 96 valence electrons. The van der Waals surface area contributed by atoms with E-state index in [1.165, 1.54) is 0 Å². The summed E-state index contributed by atoms with van der Waals surface area (Å²) in [4.78, 5) is 1.99. The van der Waals surface area contributed by atoms with Gasteiger partial charge in [0.2, 0.25) is 0 Å². The van der Waals surface area contributed by atoms with Crippen molar-refractivity contribution in [2.75, 3.05) is 32.2 Å². The van der Waals surface area contributed by atoms with Gasteiger partial charge in [0.25, 0.3) is 0 Å². The zero-order valence-electron chi connectivity index (χ0n) is 10.8. The highest BCUT2D eigenvalue weighted by molar-refractivity contribution is 5.47. The van der Waals surface area contributed by atoms with Gasteiger partial charge in [-0.05, 0) is 24.6 Å². The van der Waals surface area contributed by atoms with Crippen LogP contribution in [-0.4, -0.2) is 38.5 Å². The number of aliphatic hydroxyl groups excluding tert-OH is 1. The lowest BCUT2D eigenvalue weighted by atomic mass is 10.1. The fraction of sp³-hybridized carbons (Fsp3) is 0.538. The summed E-state index contributed by atoms with van der Waals surface area (Å²) in [6.07, 6.45) is -0.474. The molecule has 0 aliphatic rings. The second kappa shape index (κ2) is 6.59. The summed E-state index contributed by atoms with van der Waals surface area (Å²) < 4.78 is 4.90. The van der Waals surface area contributed by atoms with Crippen LogP contribution in [0.15, 0.2) is 24.3 Å². The van der Waals surface area contributed by atoms with Crippen molar-refractivity contribution < 1.29 is 9.84 Å². The lowest BCUT2D eigenvalue weighted by Crippen LogP contribution is -2.31. The van der Waals surface area contributed by atoms with Crippen molar-refractivity contribution >= 4 is 5.69 Å². The fourth-order valence-corrected chi connectivity index (χ4v) is 1.70. The molecule has 4 heteroatoms. The molecule has 0 aromatic heterocycles. The first kappa shape index (κ1) is 14.0. The van der Waals surface area contributed by atoms with Gasteiger partial charge in [-0.1, -0.05) is 12.1 Å². The predicted molar refractivity (Wildman–Crippen MR) is 70.2 cm³/mol. The van der Waals surface area contributed by atoms with Gasteiger partial charge in [0.05, 0.1) is 12.7 Å². The monoisotopic (exact) mass is 238 g/mol. The van der Waals surface area contributed by atoms with Gasteiger partial charge in [0.15, 0.2) is 0 Å². The van der Waals surface area contributed by atoms with Crippen LogP contribution >= 0.6 is 0 Å². The first-order chi connectivity index (χ1) is 8.04. The van der Waals surface area contributed by atoms with Gasteiger partial charge >= 0.3 is 0 Å². The quantitative estimate of drug-likeness (QED) is 0.780. The van der Waals surface area contributed by atoms with Crippen LogP contribution in [0, 0.1) is 0 Å². The van der Waals surface area contributed by atoms with Gasteiger partial charge in [0.1, 0.15) is 0 Å². The van der Waals surface area contributed by atoms with Gasteiger partial charge in [0, 0.05) is 32.4 Å². The molecule has 17 heavy (non-hydrogen) atoms. The topological polar surface area (TPSA) is 58.7 Å². The summed E-state index contributed by atoms with van der Waals surface area (Å²) in [5.74, 6) is 0. The molecule has 0 spiro atoms. The maximum atomic E-state index is 9.64. The van der Waals surface area contributed by atoms with Crippen molar-refractivity contribution in [3.8, 4) is 0 Å². The molecule has 0 aliphatic heterocycles. The highest BCUT2D eigenvalue weighted by Gasteiger charge is 2.08. The van der Waals surface area contributed by atoms with Crippen molar-refractivity contribution in [3.05, 3.63) is 29.8 Å². The van der Waals surface area contributed by atoms with Crippen molar-refractivity contribution in [2.24, 2.45) is 5.73 Å². The van der Waals surface area contributed by atoms with Crippen LogP contribution < -0.4 is 10.6 Å². The maximum absolute atomic E-state index is 9.64. The standard InChI is InChI=1S/C13H22N2O2/c1-10(14)11-4-6-12(7-5-11)15(2)8-13(16)9-17-3/h4-7,10,13,16H,8-9,14H2,1-3H3/t10-,13?/m1/s1.